The van der Waals surface area contributed by atoms with Crippen molar-refractivity contribution >= 4 is 22.5 Å². The Morgan fingerprint density at radius 1 is 1.00 bits per heavy atom. The molecule has 33 heavy (non-hydrogen) atoms. The van der Waals surface area contributed by atoms with Crippen LogP contribution in [0.15, 0.2) is 53.4 Å². The monoisotopic (exact) mass is 476 g/mol. The molecular weight excluding hydrogens is 455 g/mol. The maximum absolute atomic E-state index is 14.6. The van der Waals surface area contributed by atoms with Gasteiger partial charge in [0.1, 0.15) is 11.6 Å². The summed E-state index contributed by atoms with van der Waals surface area (Å²) in [6.45, 7) is 2.89. The van der Waals surface area contributed by atoms with Crippen molar-refractivity contribution in [2.75, 3.05) is 12.4 Å². The largest absolute Gasteiger partial charge is 0.458 e. The third-order valence-corrected chi connectivity index (χ3v) is 6.87. The fourth-order valence-electron chi connectivity index (χ4n) is 3.78. The number of rotatable bonds is 4. The predicted octanol–water partition coefficient (Wildman–Crippen LogP) is 7.61. The average molecular weight is 477 g/mol. The molecule has 0 aromatic heterocycles. The van der Waals surface area contributed by atoms with Crippen molar-refractivity contribution in [1.29, 1.82) is 0 Å². The first-order valence-corrected chi connectivity index (χ1v) is 11.5. The summed E-state index contributed by atoms with van der Waals surface area (Å²) in [6.07, 6.45) is -2.23. The van der Waals surface area contributed by atoms with E-state index in [1.807, 2.05) is 24.3 Å². The lowest BCUT2D eigenvalue weighted by molar-refractivity contribution is -0.0696. The molecule has 1 heterocycles. The number of hydrogen-bond acceptors (Lipinski definition) is 2. The summed E-state index contributed by atoms with van der Waals surface area (Å²) in [5, 5.41) is 0.271. The molecule has 7 heteroatoms. The van der Waals surface area contributed by atoms with Gasteiger partial charge in [0.05, 0.1) is 18.3 Å². The van der Waals surface area contributed by atoms with Gasteiger partial charge >= 0.3 is 6.18 Å². The van der Waals surface area contributed by atoms with Crippen LogP contribution < -0.4 is 0 Å². The van der Waals surface area contributed by atoms with Crippen LogP contribution in [0.3, 0.4) is 0 Å². The molecule has 0 spiro atoms. The number of thioether (sulfide) groups is 1. The quantitative estimate of drug-likeness (QED) is 0.218. The fraction of sp³-hybridized carbons (Fsp3) is 0.308. The standard InChI is InChI=1S/C26H21F5OS/c1-16-2-3-17(14-32-16)15-33-21-7-4-18(5-8-21)19-6-9-22-20(12-19)13-24(27)23(25(22)28)10-11-26(29,30)31/h4-9,12-13,16-17H,2-3,14-15H2,1H3. The van der Waals surface area contributed by atoms with Crippen molar-refractivity contribution in [2.45, 2.75) is 36.9 Å². The van der Waals surface area contributed by atoms with E-state index < -0.39 is 23.4 Å². The molecule has 0 bridgehead atoms. The van der Waals surface area contributed by atoms with Crippen LogP contribution in [0.2, 0.25) is 0 Å². The molecule has 1 saturated heterocycles. The summed E-state index contributed by atoms with van der Waals surface area (Å²) < 4.78 is 71.6. The van der Waals surface area contributed by atoms with Crippen molar-refractivity contribution in [3.63, 3.8) is 0 Å². The molecule has 1 nitrogen and oxygen atoms in total. The smallest absolute Gasteiger partial charge is 0.378 e. The number of ether oxygens (including phenoxy) is 1. The highest BCUT2D eigenvalue weighted by atomic mass is 32.2. The minimum Gasteiger partial charge on any atom is -0.378 e. The fourth-order valence-corrected chi connectivity index (χ4v) is 4.80. The SMILES string of the molecule is CC1CCC(CSc2ccc(-c3ccc4c(F)c(C#CC(F)(F)F)c(F)cc4c3)cc2)CO1. The van der Waals surface area contributed by atoms with E-state index in [2.05, 4.69) is 6.92 Å². The van der Waals surface area contributed by atoms with Gasteiger partial charge in [-0.15, -0.1) is 11.8 Å². The molecule has 0 N–H and O–H groups in total. The first-order chi connectivity index (χ1) is 15.7. The molecule has 4 rings (SSSR count). The lowest BCUT2D eigenvalue weighted by Gasteiger charge is -2.26. The van der Waals surface area contributed by atoms with E-state index >= 15 is 0 Å². The predicted molar refractivity (Wildman–Crippen MR) is 121 cm³/mol. The number of alkyl halides is 3. The van der Waals surface area contributed by atoms with E-state index in [-0.39, 0.29) is 10.8 Å². The van der Waals surface area contributed by atoms with Crippen LogP contribution in [-0.2, 0) is 4.74 Å². The molecule has 3 aromatic rings. The zero-order valence-corrected chi connectivity index (χ0v) is 18.6. The molecule has 1 aliphatic heterocycles. The van der Waals surface area contributed by atoms with Crippen LogP contribution >= 0.6 is 11.8 Å². The van der Waals surface area contributed by atoms with Gasteiger partial charge in [0, 0.05) is 22.0 Å². The van der Waals surface area contributed by atoms with Gasteiger partial charge in [0.2, 0.25) is 0 Å². The molecule has 1 aliphatic rings. The van der Waals surface area contributed by atoms with Crippen LogP contribution in [0.1, 0.15) is 25.3 Å². The van der Waals surface area contributed by atoms with Crippen molar-refractivity contribution < 1.29 is 26.7 Å². The summed E-state index contributed by atoms with van der Waals surface area (Å²) in [4.78, 5) is 1.13. The van der Waals surface area contributed by atoms with Crippen molar-refractivity contribution in [2.24, 2.45) is 5.92 Å². The number of benzene rings is 3. The maximum Gasteiger partial charge on any atom is 0.458 e. The van der Waals surface area contributed by atoms with E-state index in [0.29, 0.717) is 12.0 Å². The highest BCUT2D eigenvalue weighted by molar-refractivity contribution is 7.99. The first kappa shape index (κ1) is 23.6. The Kier molecular flexibility index (Phi) is 6.96. The van der Waals surface area contributed by atoms with Crippen LogP contribution in [-0.4, -0.2) is 24.6 Å². The van der Waals surface area contributed by atoms with Crippen molar-refractivity contribution in [1.82, 2.24) is 0 Å². The molecule has 2 unspecified atom stereocenters. The van der Waals surface area contributed by atoms with Gasteiger partial charge in [0.15, 0.2) is 0 Å². The van der Waals surface area contributed by atoms with Gasteiger partial charge in [-0.25, -0.2) is 8.78 Å². The zero-order valence-electron chi connectivity index (χ0n) is 17.8. The Morgan fingerprint density at radius 3 is 2.39 bits per heavy atom. The number of fused-ring (bicyclic) bond motifs is 1. The third-order valence-electron chi connectivity index (χ3n) is 5.63. The Hall–Kier alpha value is -2.56. The van der Waals surface area contributed by atoms with Crippen LogP contribution in [0.25, 0.3) is 21.9 Å². The molecular formula is C26H21F5OS. The second-order valence-corrected chi connectivity index (χ2v) is 9.25. The van der Waals surface area contributed by atoms with Crippen LogP contribution in [0.4, 0.5) is 22.0 Å². The molecule has 0 aliphatic carbocycles. The normalized spacial score (nSPS) is 18.7. The first-order valence-electron chi connectivity index (χ1n) is 10.6. The topological polar surface area (TPSA) is 9.23 Å². The highest BCUT2D eigenvalue weighted by Gasteiger charge is 2.24. The summed E-state index contributed by atoms with van der Waals surface area (Å²) in [6, 6.07) is 13.6. The van der Waals surface area contributed by atoms with Crippen LogP contribution in [0.5, 0.6) is 0 Å². The lowest BCUT2D eigenvalue weighted by Crippen LogP contribution is -2.24. The van der Waals surface area contributed by atoms with Gasteiger partial charge in [-0.3, -0.25) is 0 Å². The van der Waals surface area contributed by atoms with Gasteiger partial charge in [-0.05, 0) is 66.5 Å². The van der Waals surface area contributed by atoms with E-state index in [1.165, 1.54) is 12.5 Å². The zero-order chi connectivity index (χ0) is 23.6. The van der Waals surface area contributed by atoms with E-state index in [9.17, 15) is 22.0 Å². The van der Waals surface area contributed by atoms with Gasteiger partial charge in [-0.1, -0.05) is 30.2 Å². The van der Waals surface area contributed by atoms with Crippen molar-refractivity contribution in [3.8, 4) is 23.0 Å². The highest BCUT2D eigenvalue weighted by Crippen LogP contribution is 2.31. The molecule has 3 aromatic carbocycles. The summed E-state index contributed by atoms with van der Waals surface area (Å²) in [7, 11) is 0. The number of halogens is 5. The second-order valence-electron chi connectivity index (χ2n) is 8.15. The molecule has 2 atom stereocenters. The Balaban J connectivity index is 1.52. The van der Waals surface area contributed by atoms with Crippen LogP contribution in [0, 0.1) is 29.4 Å². The molecule has 172 valence electrons. The summed E-state index contributed by atoms with van der Waals surface area (Å²) in [5.41, 5.74) is 0.742. The third kappa shape index (κ3) is 5.87. The summed E-state index contributed by atoms with van der Waals surface area (Å²) >= 11 is 1.77. The van der Waals surface area contributed by atoms with Gasteiger partial charge < -0.3 is 4.74 Å². The van der Waals surface area contributed by atoms with E-state index in [1.54, 1.807) is 29.8 Å². The lowest BCUT2D eigenvalue weighted by atomic mass is 9.99. The van der Waals surface area contributed by atoms with E-state index in [0.717, 1.165) is 46.8 Å². The maximum atomic E-state index is 14.6. The minimum absolute atomic E-state index is 0.0165. The van der Waals surface area contributed by atoms with Gasteiger partial charge in [0.25, 0.3) is 0 Å². The van der Waals surface area contributed by atoms with E-state index in [4.69, 9.17) is 4.74 Å². The summed E-state index contributed by atoms with van der Waals surface area (Å²) in [5.74, 6) is 1.80. The molecule has 0 amide bonds. The minimum atomic E-state index is -4.83. The van der Waals surface area contributed by atoms with Gasteiger partial charge in [-0.2, -0.15) is 13.2 Å². The van der Waals surface area contributed by atoms with Crippen molar-refractivity contribution in [3.05, 3.63) is 65.7 Å². The Bertz CT molecular complexity index is 1200. The average Bonchev–Trinajstić information content (AvgIpc) is 2.78. The second kappa shape index (κ2) is 9.74. The molecule has 0 saturated carbocycles. The Morgan fingerprint density at radius 2 is 1.73 bits per heavy atom. The molecule has 0 radical (unpaired) electrons. The number of hydrogen-bond donors (Lipinski definition) is 0. The Labute approximate surface area is 193 Å². The molecule has 1 fully saturated rings.